The van der Waals surface area contributed by atoms with Crippen LogP contribution < -0.4 is 9.47 Å². The molecule has 2 aromatic rings. The lowest BCUT2D eigenvalue weighted by molar-refractivity contribution is -0.0489. The second kappa shape index (κ2) is 4.21. The summed E-state index contributed by atoms with van der Waals surface area (Å²) in [7, 11) is 1.47. The minimum Gasteiger partial charge on any atom is -0.497 e. The van der Waals surface area contributed by atoms with Crippen LogP contribution in [0.1, 0.15) is 5.01 Å². The van der Waals surface area contributed by atoms with Gasteiger partial charge in [0.15, 0.2) is 5.75 Å². The van der Waals surface area contributed by atoms with Crippen LogP contribution >= 0.6 is 11.3 Å². The Kier molecular flexibility index (Phi) is 2.91. The molecule has 0 fully saturated rings. The van der Waals surface area contributed by atoms with Crippen molar-refractivity contribution in [3.05, 3.63) is 17.1 Å². The molecule has 0 unspecified atom stereocenters. The molecular formula is C10H9F2NO2S. The molecule has 1 heterocycles. The van der Waals surface area contributed by atoms with Gasteiger partial charge in [0, 0.05) is 6.07 Å². The molecule has 0 aliphatic rings. The first kappa shape index (κ1) is 11.1. The molecule has 0 amide bonds. The second-order valence-electron chi connectivity index (χ2n) is 3.08. The van der Waals surface area contributed by atoms with Gasteiger partial charge in [-0.2, -0.15) is 8.78 Å². The summed E-state index contributed by atoms with van der Waals surface area (Å²) in [5.74, 6) is 0.528. The number of halogens is 2. The Labute approximate surface area is 94.6 Å². The van der Waals surface area contributed by atoms with Crippen LogP contribution in [0.4, 0.5) is 8.78 Å². The van der Waals surface area contributed by atoms with Gasteiger partial charge in [-0.25, -0.2) is 4.98 Å². The number of methoxy groups -OCH3 is 1. The van der Waals surface area contributed by atoms with Crippen LogP contribution in [0.3, 0.4) is 0 Å². The highest BCUT2D eigenvalue weighted by molar-refractivity contribution is 7.18. The number of aryl methyl sites for hydroxylation is 1. The van der Waals surface area contributed by atoms with Gasteiger partial charge in [-0.05, 0) is 13.0 Å². The Morgan fingerprint density at radius 1 is 1.38 bits per heavy atom. The molecule has 1 aromatic carbocycles. The molecule has 0 aliphatic carbocycles. The van der Waals surface area contributed by atoms with E-state index >= 15 is 0 Å². The number of ether oxygens (including phenoxy) is 2. The monoisotopic (exact) mass is 245 g/mol. The van der Waals surface area contributed by atoms with E-state index in [2.05, 4.69) is 9.72 Å². The molecule has 0 bridgehead atoms. The van der Waals surface area contributed by atoms with Crippen LogP contribution in [0.15, 0.2) is 12.1 Å². The van der Waals surface area contributed by atoms with Crippen molar-refractivity contribution in [1.29, 1.82) is 0 Å². The highest BCUT2D eigenvalue weighted by Crippen LogP contribution is 2.34. The average molecular weight is 245 g/mol. The summed E-state index contributed by atoms with van der Waals surface area (Å²) in [6, 6.07) is 3.16. The predicted octanol–water partition coefficient (Wildman–Crippen LogP) is 3.21. The van der Waals surface area contributed by atoms with Gasteiger partial charge in [-0.15, -0.1) is 11.3 Å². The van der Waals surface area contributed by atoms with Crippen LogP contribution in [0.25, 0.3) is 10.2 Å². The first-order valence-electron chi connectivity index (χ1n) is 4.50. The molecule has 0 aliphatic heterocycles. The topological polar surface area (TPSA) is 31.4 Å². The minimum absolute atomic E-state index is 0.0497. The zero-order valence-corrected chi connectivity index (χ0v) is 9.48. The minimum atomic E-state index is -2.86. The fourth-order valence-corrected chi connectivity index (χ4v) is 2.26. The smallest absolute Gasteiger partial charge is 0.387 e. The van der Waals surface area contributed by atoms with Crippen molar-refractivity contribution < 1.29 is 18.3 Å². The maximum atomic E-state index is 12.2. The van der Waals surface area contributed by atoms with Crippen molar-refractivity contribution >= 4 is 21.6 Å². The maximum Gasteiger partial charge on any atom is 0.387 e. The van der Waals surface area contributed by atoms with Gasteiger partial charge < -0.3 is 9.47 Å². The van der Waals surface area contributed by atoms with Crippen molar-refractivity contribution in [3.8, 4) is 11.5 Å². The van der Waals surface area contributed by atoms with Crippen molar-refractivity contribution in [1.82, 2.24) is 4.98 Å². The lowest BCUT2D eigenvalue weighted by Crippen LogP contribution is -2.02. The number of thiazole rings is 1. The van der Waals surface area contributed by atoms with Crippen molar-refractivity contribution in [2.75, 3.05) is 7.11 Å². The van der Waals surface area contributed by atoms with Crippen LogP contribution in [0.2, 0.25) is 0 Å². The highest BCUT2D eigenvalue weighted by Gasteiger charge is 2.13. The lowest BCUT2D eigenvalue weighted by atomic mass is 10.3. The van der Waals surface area contributed by atoms with E-state index in [-0.39, 0.29) is 5.75 Å². The van der Waals surface area contributed by atoms with E-state index in [1.54, 1.807) is 6.07 Å². The molecule has 2 rings (SSSR count). The molecule has 16 heavy (non-hydrogen) atoms. The van der Waals surface area contributed by atoms with E-state index in [1.807, 2.05) is 6.92 Å². The molecular weight excluding hydrogens is 236 g/mol. The number of alkyl halides is 2. The normalized spacial score (nSPS) is 11.1. The largest absolute Gasteiger partial charge is 0.497 e. The Bertz CT molecular complexity index is 513. The number of nitrogens with zero attached hydrogens (tertiary/aromatic N) is 1. The van der Waals surface area contributed by atoms with Crippen molar-refractivity contribution in [3.63, 3.8) is 0 Å². The van der Waals surface area contributed by atoms with Gasteiger partial charge in [0.1, 0.15) is 11.3 Å². The van der Waals surface area contributed by atoms with Gasteiger partial charge in [0.05, 0.1) is 16.8 Å². The SMILES string of the molecule is COc1cc(OC(F)F)c2nc(C)sc2c1. The fraction of sp³-hybridized carbons (Fsp3) is 0.300. The van der Waals surface area contributed by atoms with Crippen LogP contribution in [-0.2, 0) is 0 Å². The molecule has 0 spiro atoms. The maximum absolute atomic E-state index is 12.2. The number of aromatic nitrogens is 1. The van der Waals surface area contributed by atoms with Gasteiger partial charge >= 0.3 is 6.61 Å². The van der Waals surface area contributed by atoms with Crippen LogP contribution in [0.5, 0.6) is 11.5 Å². The van der Waals surface area contributed by atoms with Gasteiger partial charge in [0.2, 0.25) is 0 Å². The Morgan fingerprint density at radius 3 is 2.75 bits per heavy atom. The van der Waals surface area contributed by atoms with E-state index in [0.717, 1.165) is 9.71 Å². The van der Waals surface area contributed by atoms with E-state index in [9.17, 15) is 8.78 Å². The molecule has 86 valence electrons. The number of rotatable bonds is 3. The number of fused-ring (bicyclic) bond motifs is 1. The number of hydrogen-bond donors (Lipinski definition) is 0. The summed E-state index contributed by atoms with van der Waals surface area (Å²) in [4.78, 5) is 4.15. The van der Waals surface area contributed by atoms with Gasteiger partial charge in [0.25, 0.3) is 0 Å². The Hall–Kier alpha value is -1.43. The molecule has 0 N–H and O–H groups in total. The molecule has 6 heteroatoms. The summed E-state index contributed by atoms with van der Waals surface area (Å²) < 4.78 is 34.6. The van der Waals surface area contributed by atoms with Gasteiger partial charge in [-0.3, -0.25) is 0 Å². The lowest BCUT2D eigenvalue weighted by Gasteiger charge is -2.07. The van der Waals surface area contributed by atoms with Crippen LogP contribution in [0, 0.1) is 6.92 Å². The van der Waals surface area contributed by atoms with Crippen molar-refractivity contribution in [2.24, 2.45) is 0 Å². The predicted molar refractivity (Wildman–Crippen MR) is 57.5 cm³/mol. The second-order valence-corrected chi connectivity index (χ2v) is 4.32. The third-order valence-electron chi connectivity index (χ3n) is 1.99. The summed E-state index contributed by atoms with van der Waals surface area (Å²) in [5.41, 5.74) is 0.448. The van der Waals surface area contributed by atoms with Crippen molar-refractivity contribution in [2.45, 2.75) is 13.5 Å². The molecule has 1 aromatic heterocycles. The summed E-state index contributed by atoms with van der Waals surface area (Å²) in [6.07, 6.45) is 0. The molecule has 0 saturated heterocycles. The summed E-state index contributed by atoms with van der Waals surface area (Å²) in [6.45, 7) is -1.05. The molecule has 0 saturated carbocycles. The first-order valence-corrected chi connectivity index (χ1v) is 5.32. The zero-order chi connectivity index (χ0) is 11.7. The zero-order valence-electron chi connectivity index (χ0n) is 8.66. The quantitative estimate of drug-likeness (QED) is 0.832. The third-order valence-corrected chi connectivity index (χ3v) is 2.91. The molecule has 0 atom stereocenters. The van der Waals surface area contributed by atoms with Gasteiger partial charge in [-0.1, -0.05) is 0 Å². The van der Waals surface area contributed by atoms with E-state index in [4.69, 9.17) is 4.74 Å². The standard InChI is InChI=1S/C10H9F2NO2S/c1-5-13-9-7(15-10(11)12)3-6(14-2)4-8(9)16-5/h3-4,10H,1-2H3. The third kappa shape index (κ3) is 2.06. The Morgan fingerprint density at radius 2 is 2.12 bits per heavy atom. The number of benzene rings is 1. The highest BCUT2D eigenvalue weighted by atomic mass is 32.1. The summed E-state index contributed by atoms with van der Waals surface area (Å²) in [5, 5.41) is 0.794. The fourth-order valence-electron chi connectivity index (χ4n) is 1.39. The Balaban J connectivity index is 2.58. The van der Waals surface area contributed by atoms with E-state index < -0.39 is 6.61 Å². The first-order chi connectivity index (χ1) is 7.60. The van der Waals surface area contributed by atoms with E-state index in [0.29, 0.717) is 11.3 Å². The van der Waals surface area contributed by atoms with Crippen LogP contribution in [-0.4, -0.2) is 18.7 Å². The summed E-state index contributed by atoms with van der Waals surface area (Å²) >= 11 is 1.41. The van der Waals surface area contributed by atoms with E-state index in [1.165, 1.54) is 24.5 Å². The molecule has 0 radical (unpaired) electrons. The molecule has 3 nitrogen and oxygen atoms in total. The number of hydrogen-bond acceptors (Lipinski definition) is 4. The average Bonchev–Trinajstić information content (AvgIpc) is 2.57.